The fraction of sp³-hybridized carbons (Fsp3) is 0.818. The van der Waals surface area contributed by atoms with Crippen LogP contribution in [0.25, 0.3) is 0 Å². The van der Waals surface area contributed by atoms with Crippen molar-refractivity contribution in [2.24, 2.45) is 0 Å². The molecule has 0 aromatic carbocycles. The first-order chi connectivity index (χ1) is 6.70. The summed E-state index contributed by atoms with van der Waals surface area (Å²) in [6.45, 7) is 4.21. The van der Waals surface area contributed by atoms with Crippen molar-refractivity contribution in [1.82, 2.24) is 0 Å². The van der Waals surface area contributed by atoms with Crippen LogP contribution in [0.15, 0.2) is 0 Å². The fourth-order valence-corrected chi connectivity index (χ4v) is 1.21. The summed E-state index contributed by atoms with van der Waals surface area (Å²) in [6, 6.07) is 0. The van der Waals surface area contributed by atoms with Crippen molar-refractivity contribution in [3.8, 4) is 0 Å². The molecule has 0 spiro atoms. The second-order valence-corrected chi connectivity index (χ2v) is 3.33. The number of carbonyl (C=O) groups is 2. The van der Waals surface area contributed by atoms with E-state index in [9.17, 15) is 9.59 Å². The van der Waals surface area contributed by atoms with E-state index >= 15 is 0 Å². The number of hydrogen-bond acceptors (Lipinski definition) is 3. The molecule has 0 aromatic heterocycles. The quantitative estimate of drug-likeness (QED) is 0.343. The fourth-order valence-electron chi connectivity index (χ4n) is 1.21. The van der Waals surface area contributed by atoms with Crippen LogP contribution in [0, 0.1) is 0 Å². The molecule has 0 unspecified atom stereocenters. The Morgan fingerprint density at radius 3 is 2.36 bits per heavy atom. The Morgan fingerprint density at radius 1 is 1.07 bits per heavy atom. The lowest BCUT2D eigenvalue weighted by atomic mass is 10.1. The predicted molar refractivity (Wildman–Crippen MR) is 55.0 cm³/mol. The second kappa shape index (κ2) is 8.73. The highest BCUT2D eigenvalue weighted by Gasteiger charge is 2.09. The van der Waals surface area contributed by atoms with Gasteiger partial charge in [0.15, 0.2) is 0 Å². The largest absolute Gasteiger partial charge is 0.466 e. The van der Waals surface area contributed by atoms with Crippen molar-refractivity contribution in [3.63, 3.8) is 0 Å². The van der Waals surface area contributed by atoms with Crippen molar-refractivity contribution < 1.29 is 14.3 Å². The number of carbonyl (C=O) groups excluding carboxylic acids is 2. The molecule has 14 heavy (non-hydrogen) atoms. The van der Waals surface area contributed by atoms with Gasteiger partial charge >= 0.3 is 5.97 Å². The summed E-state index contributed by atoms with van der Waals surface area (Å²) in [6.07, 6.45) is 4.74. The maximum absolute atomic E-state index is 11.2. The van der Waals surface area contributed by atoms with Gasteiger partial charge in [-0.3, -0.25) is 9.59 Å². The second-order valence-electron chi connectivity index (χ2n) is 3.33. The summed E-state index contributed by atoms with van der Waals surface area (Å²) in [5.74, 6) is -0.396. The molecule has 3 nitrogen and oxygen atoms in total. The maximum Gasteiger partial charge on any atom is 0.313 e. The Kier molecular flexibility index (Phi) is 8.19. The summed E-state index contributed by atoms with van der Waals surface area (Å²) in [7, 11) is 0. The van der Waals surface area contributed by atoms with E-state index in [1.165, 1.54) is 0 Å². The molecule has 0 heterocycles. The monoisotopic (exact) mass is 200 g/mol. The van der Waals surface area contributed by atoms with Crippen molar-refractivity contribution >= 4 is 11.8 Å². The van der Waals surface area contributed by atoms with Gasteiger partial charge in [0.05, 0.1) is 6.61 Å². The molecular formula is C11H20O3. The SMILES string of the molecule is CCCCCCC(=O)CC(=O)OCC. The van der Waals surface area contributed by atoms with Gasteiger partial charge in [-0.15, -0.1) is 0 Å². The first kappa shape index (κ1) is 13.1. The molecule has 0 bridgehead atoms. The Morgan fingerprint density at radius 2 is 1.79 bits per heavy atom. The van der Waals surface area contributed by atoms with Crippen LogP contribution >= 0.6 is 0 Å². The molecule has 0 radical (unpaired) electrons. The molecule has 0 rings (SSSR count). The van der Waals surface area contributed by atoms with E-state index in [2.05, 4.69) is 11.7 Å². The molecular weight excluding hydrogens is 180 g/mol. The molecule has 82 valence electrons. The van der Waals surface area contributed by atoms with Gasteiger partial charge in [0.2, 0.25) is 0 Å². The highest BCUT2D eigenvalue weighted by molar-refractivity contribution is 5.95. The first-order valence-electron chi connectivity index (χ1n) is 5.38. The van der Waals surface area contributed by atoms with E-state index in [1.54, 1.807) is 6.92 Å². The van der Waals surface area contributed by atoms with Crippen molar-refractivity contribution in [2.45, 2.75) is 52.4 Å². The van der Waals surface area contributed by atoms with Crippen LogP contribution in [0.1, 0.15) is 52.4 Å². The lowest BCUT2D eigenvalue weighted by Gasteiger charge is -2.01. The first-order valence-corrected chi connectivity index (χ1v) is 5.38. The highest BCUT2D eigenvalue weighted by Crippen LogP contribution is 2.04. The third kappa shape index (κ3) is 7.77. The zero-order chi connectivity index (χ0) is 10.8. The van der Waals surface area contributed by atoms with Crippen LogP contribution in [0.2, 0.25) is 0 Å². The summed E-state index contributed by atoms with van der Waals surface area (Å²) >= 11 is 0. The van der Waals surface area contributed by atoms with Gasteiger partial charge in [-0.25, -0.2) is 0 Å². The molecule has 0 aliphatic carbocycles. The van der Waals surface area contributed by atoms with Crippen LogP contribution in [-0.2, 0) is 14.3 Å². The maximum atomic E-state index is 11.2. The number of rotatable bonds is 8. The van der Waals surface area contributed by atoms with Crippen LogP contribution in [0.4, 0.5) is 0 Å². The van der Waals surface area contributed by atoms with Crippen LogP contribution in [0.5, 0.6) is 0 Å². The van der Waals surface area contributed by atoms with E-state index in [4.69, 9.17) is 0 Å². The molecule has 0 saturated carbocycles. The molecule has 0 aliphatic heterocycles. The van der Waals surface area contributed by atoms with Gasteiger partial charge in [0.25, 0.3) is 0 Å². The smallest absolute Gasteiger partial charge is 0.313 e. The van der Waals surface area contributed by atoms with E-state index in [-0.39, 0.29) is 12.2 Å². The normalized spacial score (nSPS) is 9.86. The van der Waals surface area contributed by atoms with E-state index in [0.717, 1.165) is 25.7 Å². The molecule has 0 amide bonds. The van der Waals surface area contributed by atoms with Gasteiger partial charge in [0.1, 0.15) is 12.2 Å². The molecule has 0 atom stereocenters. The molecule has 0 fully saturated rings. The number of esters is 1. The van der Waals surface area contributed by atoms with Gasteiger partial charge < -0.3 is 4.74 Å². The van der Waals surface area contributed by atoms with E-state index < -0.39 is 5.97 Å². The van der Waals surface area contributed by atoms with E-state index in [0.29, 0.717) is 13.0 Å². The standard InChI is InChI=1S/C11H20O3/c1-3-5-6-7-8-10(12)9-11(13)14-4-2/h3-9H2,1-2H3. The van der Waals surface area contributed by atoms with Crippen LogP contribution < -0.4 is 0 Å². The van der Waals surface area contributed by atoms with E-state index in [1.807, 2.05) is 0 Å². The average molecular weight is 200 g/mol. The number of hydrogen-bond donors (Lipinski definition) is 0. The highest BCUT2D eigenvalue weighted by atomic mass is 16.5. The topological polar surface area (TPSA) is 43.4 Å². The van der Waals surface area contributed by atoms with Crippen molar-refractivity contribution in [2.75, 3.05) is 6.61 Å². The lowest BCUT2D eigenvalue weighted by Crippen LogP contribution is -2.10. The minimum absolute atomic E-state index is 0.000414. The number of Topliss-reactive ketones (excluding diaryl/α,β-unsaturated/α-hetero) is 1. The summed E-state index contributed by atoms with van der Waals surface area (Å²) < 4.78 is 4.68. The zero-order valence-corrected chi connectivity index (χ0v) is 9.17. The zero-order valence-electron chi connectivity index (χ0n) is 9.17. The summed E-state index contributed by atoms with van der Waals surface area (Å²) in [5.41, 5.74) is 0. The number of ketones is 1. The van der Waals surface area contributed by atoms with Gasteiger partial charge in [-0.05, 0) is 13.3 Å². The minimum Gasteiger partial charge on any atom is -0.466 e. The average Bonchev–Trinajstić information content (AvgIpc) is 2.13. The van der Waals surface area contributed by atoms with Crippen LogP contribution in [0.3, 0.4) is 0 Å². The lowest BCUT2D eigenvalue weighted by molar-refractivity contribution is -0.145. The molecule has 3 heteroatoms. The third-order valence-corrected chi connectivity index (χ3v) is 1.96. The molecule has 0 aliphatic rings. The summed E-state index contributed by atoms with van der Waals surface area (Å²) in [4.78, 5) is 22.1. The molecule has 0 saturated heterocycles. The van der Waals surface area contributed by atoms with Crippen molar-refractivity contribution in [3.05, 3.63) is 0 Å². The van der Waals surface area contributed by atoms with Crippen LogP contribution in [-0.4, -0.2) is 18.4 Å². The summed E-state index contributed by atoms with van der Waals surface area (Å²) in [5, 5.41) is 0. The van der Waals surface area contributed by atoms with Crippen molar-refractivity contribution in [1.29, 1.82) is 0 Å². The molecule has 0 N–H and O–H groups in total. The predicted octanol–water partition coefficient (Wildman–Crippen LogP) is 2.48. The minimum atomic E-state index is -0.395. The third-order valence-electron chi connectivity index (χ3n) is 1.96. The molecule has 0 aromatic rings. The Hall–Kier alpha value is -0.860. The number of unbranched alkanes of at least 4 members (excludes halogenated alkanes) is 3. The van der Waals surface area contributed by atoms with Gasteiger partial charge in [0, 0.05) is 6.42 Å². The van der Waals surface area contributed by atoms with Gasteiger partial charge in [-0.2, -0.15) is 0 Å². The number of ether oxygens (including phenoxy) is 1. The Labute approximate surface area is 85.8 Å². The van der Waals surface area contributed by atoms with Gasteiger partial charge in [-0.1, -0.05) is 26.2 Å². The Balaban J connectivity index is 3.40. The Bertz CT molecular complexity index is 175.